The number of hydrogen-bond donors (Lipinski definition) is 1. The Hall–Kier alpha value is -3.28. The molecule has 4 aliphatic carbocycles. The Balaban J connectivity index is 1.28. The first-order valence-electron chi connectivity index (χ1n) is 10.3. The number of carbonyl (C=O) groups is 3. The molecule has 6 heteroatoms. The van der Waals surface area contributed by atoms with Gasteiger partial charge >= 0.3 is 0 Å². The molecule has 1 saturated heterocycles. The van der Waals surface area contributed by atoms with Crippen LogP contribution in [0.15, 0.2) is 60.7 Å². The zero-order valence-electron chi connectivity index (χ0n) is 16.0. The lowest BCUT2D eigenvalue weighted by Gasteiger charge is -2.37. The normalized spacial score (nSPS) is 32.8. The molecule has 3 amide bonds. The minimum atomic E-state index is -0.386. The zero-order chi connectivity index (χ0) is 20.6. The lowest BCUT2D eigenvalue weighted by Crippen LogP contribution is -2.40. The van der Waals surface area contributed by atoms with E-state index >= 15 is 0 Å². The first-order chi connectivity index (χ1) is 14.5. The Morgan fingerprint density at radius 2 is 1.57 bits per heavy atom. The van der Waals surface area contributed by atoms with E-state index in [4.69, 9.17) is 0 Å². The van der Waals surface area contributed by atoms with Crippen LogP contribution < -0.4 is 10.2 Å². The summed E-state index contributed by atoms with van der Waals surface area (Å²) >= 11 is 0. The van der Waals surface area contributed by atoms with Crippen LogP contribution in [0.2, 0.25) is 0 Å². The van der Waals surface area contributed by atoms with Crippen molar-refractivity contribution in [1.82, 2.24) is 0 Å². The van der Waals surface area contributed by atoms with Gasteiger partial charge in [-0.25, -0.2) is 9.29 Å². The Morgan fingerprint density at radius 1 is 0.933 bits per heavy atom. The number of carbonyl (C=O) groups excluding carboxylic acids is 3. The number of halogens is 1. The van der Waals surface area contributed by atoms with E-state index in [9.17, 15) is 18.8 Å². The average Bonchev–Trinajstić information content (AvgIpc) is 3.53. The van der Waals surface area contributed by atoms with Crippen LogP contribution in [0.1, 0.15) is 16.8 Å². The first kappa shape index (κ1) is 17.6. The van der Waals surface area contributed by atoms with Gasteiger partial charge in [0.2, 0.25) is 11.8 Å². The maximum absolute atomic E-state index is 13.2. The highest BCUT2D eigenvalue weighted by Gasteiger charge is 2.67. The van der Waals surface area contributed by atoms with Crippen molar-refractivity contribution in [2.45, 2.75) is 6.42 Å². The second kappa shape index (κ2) is 6.11. The van der Waals surface area contributed by atoms with Gasteiger partial charge in [0, 0.05) is 11.3 Å². The van der Waals surface area contributed by atoms with E-state index in [2.05, 4.69) is 17.5 Å². The number of benzene rings is 2. The molecule has 5 nitrogen and oxygen atoms in total. The number of amides is 3. The van der Waals surface area contributed by atoms with Gasteiger partial charge in [-0.3, -0.25) is 14.4 Å². The fraction of sp³-hybridized carbons (Fsp3) is 0.292. The topological polar surface area (TPSA) is 66.5 Å². The van der Waals surface area contributed by atoms with Gasteiger partial charge in [-0.2, -0.15) is 0 Å². The molecule has 1 N–H and O–H groups in total. The quantitative estimate of drug-likeness (QED) is 0.630. The van der Waals surface area contributed by atoms with Crippen LogP contribution in [0, 0.1) is 41.3 Å². The van der Waals surface area contributed by atoms with Crippen molar-refractivity contribution in [3.63, 3.8) is 0 Å². The Bertz CT molecular complexity index is 1090. The smallest absolute Gasteiger partial charge is 0.255 e. The molecule has 0 spiro atoms. The van der Waals surface area contributed by atoms with Crippen molar-refractivity contribution in [2.24, 2.45) is 35.5 Å². The molecular weight excluding hydrogens is 383 g/mol. The van der Waals surface area contributed by atoms with E-state index < -0.39 is 0 Å². The summed E-state index contributed by atoms with van der Waals surface area (Å²) < 4.78 is 13.1. The molecule has 0 aromatic heterocycles. The third kappa shape index (κ3) is 2.43. The van der Waals surface area contributed by atoms with E-state index in [1.807, 2.05) is 0 Å². The molecule has 0 radical (unpaired) electrons. The highest BCUT2D eigenvalue weighted by Crippen LogP contribution is 2.65. The van der Waals surface area contributed by atoms with Crippen molar-refractivity contribution < 1.29 is 18.8 Å². The Labute approximate surface area is 172 Å². The summed E-state index contributed by atoms with van der Waals surface area (Å²) in [7, 11) is 0. The summed E-state index contributed by atoms with van der Waals surface area (Å²) in [6.45, 7) is 0. The Morgan fingerprint density at radius 3 is 2.20 bits per heavy atom. The third-order valence-electron chi connectivity index (χ3n) is 7.13. The lowest BCUT2D eigenvalue weighted by molar-refractivity contribution is -0.124. The first-order valence-corrected chi connectivity index (χ1v) is 10.3. The van der Waals surface area contributed by atoms with E-state index in [0.717, 1.165) is 6.42 Å². The summed E-state index contributed by atoms with van der Waals surface area (Å²) in [6, 6.07) is 12.0. The van der Waals surface area contributed by atoms with Gasteiger partial charge in [-0.05, 0) is 72.6 Å². The summed E-state index contributed by atoms with van der Waals surface area (Å²) in [5.74, 6) is -0.187. The molecule has 2 bridgehead atoms. The maximum Gasteiger partial charge on any atom is 0.255 e. The predicted molar refractivity (Wildman–Crippen MR) is 108 cm³/mol. The van der Waals surface area contributed by atoms with Gasteiger partial charge < -0.3 is 5.32 Å². The fourth-order valence-corrected chi connectivity index (χ4v) is 5.73. The van der Waals surface area contributed by atoms with Crippen LogP contribution >= 0.6 is 0 Å². The number of rotatable bonds is 3. The van der Waals surface area contributed by atoms with Crippen molar-refractivity contribution in [3.05, 3.63) is 72.1 Å². The van der Waals surface area contributed by atoms with Crippen LogP contribution in [0.3, 0.4) is 0 Å². The lowest BCUT2D eigenvalue weighted by atomic mass is 9.63. The Kier molecular flexibility index (Phi) is 3.58. The van der Waals surface area contributed by atoms with E-state index in [1.54, 1.807) is 24.3 Å². The molecule has 6 atom stereocenters. The van der Waals surface area contributed by atoms with Gasteiger partial charge in [-0.15, -0.1) is 0 Å². The average molecular weight is 402 g/mol. The number of nitrogens with zero attached hydrogens (tertiary/aromatic N) is 1. The molecular formula is C24H19FN2O3. The molecule has 2 aromatic carbocycles. The van der Waals surface area contributed by atoms with Crippen LogP contribution in [-0.2, 0) is 9.59 Å². The second-order valence-electron chi connectivity index (χ2n) is 8.68. The molecule has 2 aromatic rings. The molecule has 150 valence electrons. The zero-order valence-corrected chi connectivity index (χ0v) is 16.0. The van der Waals surface area contributed by atoms with Crippen LogP contribution in [0.25, 0.3) is 0 Å². The standard InChI is InChI=1S/C24H19FN2O3/c25-13-4-6-14(7-5-13)26-22(28)12-2-1-3-15(10-12)27-23(29)20-16-8-9-17(19-11-18(16)19)21(20)24(27)30/h1-10,16-21H,11H2,(H,26,28)/t16-,17+,18-,19-,20+,21-/m1/s1. The summed E-state index contributed by atoms with van der Waals surface area (Å²) in [5.41, 5.74) is 1.23. The monoisotopic (exact) mass is 402 g/mol. The van der Waals surface area contributed by atoms with Gasteiger partial charge in [0.05, 0.1) is 17.5 Å². The third-order valence-corrected chi connectivity index (χ3v) is 7.13. The van der Waals surface area contributed by atoms with E-state index in [-0.39, 0.29) is 47.2 Å². The minimum absolute atomic E-state index is 0.147. The maximum atomic E-state index is 13.2. The highest BCUT2D eigenvalue weighted by molar-refractivity contribution is 6.23. The molecule has 30 heavy (non-hydrogen) atoms. The van der Waals surface area contributed by atoms with Crippen LogP contribution in [-0.4, -0.2) is 17.7 Å². The fourth-order valence-electron chi connectivity index (χ4n) is 5.73. The minimum Gasteiger partial charge on any atom is -0.322 e. The van der Waals surface area contributed by atoms with Gasteiger partial charge in [-0.1, -0.05) is 18.2 Å². The van der Waals surface area contributed by atoms with Crippen molar-refractivity contribution in [3.8, 4) is 0 Å². The van der Waals surface area contributed by atoms with Gasteiger partial charge in [0.25, 0.3) is 5.91 Å². The van der Waals surface area contributed by atoms with Crippen molar-refractivity contribution in [1.29, 1.82) is 0 Å². The highest BCUT2D eigenvalue weighted by atomic mass is 19.1. The summed E-state index contributed by atoms with van der Waals surface area (Å²) in [4.78, 5) is 40.4. The number of allylic oxidation sites excluding steroid dienone is 2. The molecule has 3 fully saturated rings. The van der Waals surface area contributed by atoms with E-state index in [1.165, 1.54) is 29.2 Å². The number of hydrogen-bond acceptors (Lipinski definition) is 3. The van der Waals surface area contributed by atoms with E-state index in [0.29, 0.717) is 28.8 Å². The largest absolute Gasteiger partial charge is 0.322 e. The van der Waals surface area contributed by atoms with Gasteiger partial charge in [0.1, 0.15) is 5.82 Å². The van der Waals surface area contributed by atoms with Gasteiger partial charge in [0.15, 0.2) is 0 Å². The molecule has 2 saturated carbocycles. The molecule has 0 unspecified atom stereocenters. The summed E-state index contributed by atoms with van der Waals surface area (Å²) in [5, 5.41) is 2.71. The molecule has 1 heterocycles. The number of anilines is 2. The van der Waals surface area contributed by atoms with Crippen molar-refractivity contribution in [2.75, 3.05) is 10.2 Å². The molecule has 7 rings (SSSR count). The number of nitrogens with one attached hydrogen (secondary N) is 1. The van der Waals surface area contributed by atoms with Crippen molar-refractivity contribution >= 4 is 29.1 Å². The SMILES string of the molecule is O=C(Nc1ccc(F)cc1)c1cccc(N2C(=O)[C@@H]3[C@H]4C=C[C@H]([C@H]5C[C@H]45)[C@@H]3C2=O)c1. The van der Waals surface area contributed by atoms with Crippen LogP contribution in [0.5, 0.6) is 0 Å². The summed E-state index contributed by atoms with van der Waals surface area (Å²) in [6.07, 6.45) is 5.40. The predicted octanol–water partition coefficient (Wildman–Crippen LogP) is 3.64. The second-order valence-corrected chi connectivity index (χ2v) is 8.68. The molecule has 1 aliphatic heterocycles. The molecule has 5 aliphatic rings. The number of imide groups is 1. The van der Waals surface area contributed by atoms with Crippen LogP contribution in [0.4, 0.5) is 15.8 Å².